The first-order valence-electron chi connectivity index (χ1n) is 18.9. The summed E-state index contributed by atoms with van der Waals surface area (Å²) >= 11 is 6.64. The van der Waals surface area contributed by atoms with Crippen LogP contribution < -0.4 is 9.64 Å². The largest absolute Gasteiger partial charge is 0.461 e. The number of anilines is 1. The third-order valence-corrected chi connectivity index (χ3v) is 12.3. The van der Waals surface area contributed by atoms with Gasteiger partial charge in [-0.25, -0.2) is 8.78 Å². The molecule has 14 heteroatoms. The number of ether oxygens (including phenoxy) is 2. The van der Waals surface area contributed by atoms with Gasteiger partial charge in [0.1, 0.15) is 29.8 Å². The minimum absolute atomic E-state index is 0.000356. The van der Waals surface area contributed by atoms with Gasteiger partial charge in [0.05, 0.1) is 41.7 Å². The first-order valence-corrected chi connectivity index (χ1v) is 19.3. The van der Waals surface area contributed by atoms with E-state index in [1.807, 2.05) is 23.1 Å². The number of carbonyl (C=O) groups is 1. The van der Waals surface area contributed by atoms with Crippen LogP contribution in [-0.2, 0) is 9.53 Å². The predicted octanol–water partition coefficient (Wildman–Crippen LogP) is 5.28. The van der Waals surface area contributed by atoms with E-state index < -0.39 is 23.6 Å². The van der Waals surface area contributed by atoms with Gasteiger partial charge in [0.15, 0.2) is 5.82 Å². The Bertz CT molecular complexity index is 1980. The topological polar surface area (TPSA) is 111 Å². The van der Waals surface area contributed by atoms with Crippen molar-refractivity contribution in [1.82, 2.24) is 29.7 Å². The molecule has 53 heavy (non-hydrogen) atoms. The lowest BCUT2D eigenvalue weighted by Gasteiger charge is -2.46. The number of piperazine rings is 1. The smallest absolute Gasteiger partial charge is 0.319 e. The summed E-state index contributed by atoms with van der Waals surface area (Å²) < 4.78 is 43.5. The number of hydrogen-bond donors (Lipinski definition) is 0. The summed E-state index contributed by atoms with van der Waals surface area (Å²) in [6.45, 7) is 4.84. The van der Waals surface area contributed by atoms with Crippen molar-refractivity contribution >= 4 is 34.2 Å². The van der Waals surface area contributed by atoms with Gasteiger partial charge >= 0.3 is 6.01 Å². The van der Waals surface area contributed by atoms with Crippen LogP contribution in [0.25, 0.3) is 22.2 Å². The number of nitriles is 1. The number of aromatic nitrogens is 3. The number of rotatable bonds is 10. The molecule has 5 atom stereocenters. The number of carbonyl (C=O) groups excluding carboxylic acids is 1. The van der Waals surface area contributed by atoms with Crippen LogP contribution in [0, 0.1) is 17.1 Å². The van der Waals surface area contributed by atoms with E-state index in [1.54, 1.807) is 23.2 Å². The second-order valence-corrected chi connectivity index (χ2v) is 16.0. The zero-order valence-electron chi connectivity index (χ0n) is 29.6. The molecular formula is C39H43ClF2N8O3. The normalized spacial score (nSPS) is 28.7. The van der Waals surface area contributed by atoms with E-state index in [1.165, 1.54) is 0 Å². The molecule has 2 aromatic heterocycles. The first kappa shape index (κ1) is 34.8. The van der Waals surface area contributed by atoms with Crippen molar-refractivity contribution in [3.05, 3.63) is 53.0 Å². The maximum Gasteiger partial charge on any atom is 0.319 e. The number of fused-ring (bicyclic) bond motifs is 4. The fraction of sp³-hybridized carbons (Fsp3) is 0.564. The summed E-state index contributed by atoms with van der Waals surface area (Å²) in [5.41, 5.74) is 1.31. The van der Waals surface area contributed by atoms with Crippen LogP contribution in [0.4, 0.5) is 14.6 Å². The van der Waals surface area contributed by atoms with Crippen molar-refractivity contribution in [2.75, 3.05) is 63.9 Å². The molecule has 11 nitrogen and oxygen atoms in total. The van der Waals surface area contributed by atoms with Crippen LogP contribution in [0.1, 0.15) is 56.4 Å². The molecule has 7 fully saturated rings. The van der Waals surface area contributed by atoms with Gasteiger partial charge in [-0.2, -0.15) is 15.2 Å². The average Bonchev–Trinajstić information content (AvgIpc) is 3.83. The summed E-state index contributed by atoms with van der Waals surface area (Å²) in [5, 5.41) is 10.8. The molecule has 1 amide bonds. The lowest BCUT2D eigenvalue weighted by Crippen LogP contribution is -2.57. The predicted molar refractivity (Wildman–Crippen MR) is 195 cm³/mol. The molecule has 278 valence electrons. The molecule has 6 saturated heterocycles. The molecule has 0 spiro atoms. The molecule has 8 heterocycles. The molecule has 0 radical (unpaired) electrons. The lowest BCUT2D eigenvalue weighted by molar-refractivity contribution is -0.178. The van der Waals surface area contributed by atoms with Crippen LogP contribution in [0.15, 0.2) is 36.5 Å². The van der Waals surface area contributed by atoms with Crippen molar-refractivity contribution in [3.8, 4) is 23.3 Å². The molecule has 7 aliphatic rings. The SMILES string of the molecule is N#CC[C@H]1CN(c2nc(OC[C@@]34CCCN3C[C@H](F)C4)nc3c(F)c(-c4cccc(Cl)c4C4CC4)ncc23)CCN1C(=O)/C=C/CN1CC2CC(C1)O2. The molecular weight excluding hydrogens is 702 g/mol. The highest BCUT2D eigenvalue weighted by molar-refractivity contribution is 6.32. The summed E-state index contributed by atoms with van der Waals surface area (Å²) in [6, 6.07) is 7.30. The van der Waals surface area contributed by atoms with Crippen LogP contribution >= 0.6 is 11.6 Å². The van der Waals surface area contributed by atoms with E-state index in [4.69, 9.17) is 26.1 Å². The zero-order valence-corrected chi connectivity index (χ0v) is 30.4. The zero-order chi connectivity index (χ0) is 36.3. The van der Waals surface area contributed by atoms with Gasteiger partial charge in [0.2, 0.25) is 5.91 Å². The minimum Gasteiger partial charge on any atom is -0.461 e. The molecule has 0 N–H and O–H groups in total. The average molecular weight is 745 g/mol. The van der Waals surface area contributed by atoms with E-state index in [0.29, 0.717) is 73.1 Å². The molecule has 1 aliphatic carbocycles. The third-order valence-electron chi connectivity index (χ3n) is 12.0. The quantitative estimate of drug-likeness (QED) is 0.255. The van der Waals surface area contributed by atoms with Gasteiger partial charge in [-0.1, -0.05) is 29.8 Å². The van der Waals surface area contributed by atoms with E-state index in [-0.39, 0.29) is 42.1 Å². The van der Waals surface area contributed by atoms with E-state index >= 15 is 4.39 Å². The Hall–Kier alpha value is -3.96. The number of amides is 1. The Labute approximate surface area is 312 Å². The van der Waals surface area contributed by atoms with Crippen LogP contribution in [-0.4, -0.2) is 124 Å². The van der Waals surface area contributed by atoms with Crippen LogP contribution in [0.2, 0.25) is 5.02 Å². The summed E-state index contributed by atoms with van der Waals surface area (Å²) in [4.78, 5) is 35.8. The molecule has 6 aliphatic heterocycles. The monoisotopic (exact) mass is 744 g/mol. The number of benzene rings is 1. The Morgan fingerprint density at radius 1 is 1.15 bits per heavy atom. The highest BCUT2D eigenvalue weighted by Gasteiger charge is 2.49. The number of morpholine rings is 1. The number of pyridine rings is 1. The number of piperidine rings is 1. The van der Waals surface area contributed by atoms with Crippen molar-refractivity contribution in [2.45, 2.75) is 80.8 Å². The van der Waals surface area contributed by atoms with Crippen molar-refractivity contribution < 1.29 is 23.0 Å². The Morgan fingerprint density at radius 3 is 2.77 bits per heavy atom. The van der Waals surface area contributed by atoms with Gasteiger partial charge in [0.25, 0.3) is 0 Å². The molecule has 2 unspecified atom stereocenters. The number of nitrogens with zero attached hydrogens (tertiary/aromatic N) is 8. The molecule has 1 saturated carbocycles. The Balaban J connectivity index is 1.02. The Morgan fingerprint density at radius 2 is 1.98 bits per heavy atom. The number of hydrogen-bond acceptors (Lipinski definition) is 10. The van der Waals surface area contributed by atoms with Crippen molar-refractivity contribution in [2.24, 2.45) is 0 Å². The second kappa shape index (κ2) is 14.0. The highest BCUT2D eigenvalue weighted by atomic mass is 35.5. The summed E-state index contributed by atoms with van der Waals surface area (Å²) in [5.74, 6) is -0.0712. The lowest BCUT2D eigenvalue weighted by atomic mass is 9.95. The number of alkyl halides is 1. The maximum absolute atomic E-state index is 16.9. The van der Waals surface area contributed by atoms with Gasteiger partial charge < -0.3 is 19.3 Å². The van der Waals surface area contributed by atoms with Gasteiger partial charge in [0, 0.05) is 81.5 Å². The van der Waals surface area contributed by atoms with E-state index in [2.05, 4.69) is 25.8 Å². The van der Waals surface area contributed by atoms with Crippen molar-refractivity contribution in [1.29, 1.82) is 5.26 Å². The summed E-state index contributed by atoms with van der Waals surface area (Å²) in [6.07, 6.45) is 10.1. The molecule has 1 aromatic carbocycles. The second-order valence-electron chi connectivity index (χ2n) is 15.6. The highest BCUT2D eigenvalue weighted by Crippen LogP contribution is 2.48. The van der Waals surface area contributed by atoms with Gasteiger partial charge in [-0.3, -0.25) is 19.6 Å². The maximum atomic E-state index is 16.9. The first-order chi connectivity index (χ1) is 25.8. The van der Waals surface area contributed by atoms with Crippen LogP contribution in [0.5, 0.6) is 6.01 Å². The molecule has 2 bridgehead atoms. The van der Waals surface area contributed by atoms with Gasteiger partial charge in [-0.15, -0.1) is 0 Å². The standard InChI is InChI=1S/C39H43ClF2N8O3/c40-31-5-1-4-29(33(31)24-7-8-24)35-34(42)36-30(18-44-35)37(46-38(45-36)52-23-39-10-3-13-49(39)19-25(41)17-39)48-14-15-50(26(20-48)9-11-43)32(51)6-2-12-47-21-27-16-28(22-47)53-27/h1-2,4-6,18,24-28H,3,7-10,12-17,19-23H2/b6-2+/t25-,26+,27?,28?,39+/m1/s1. The fourth-order valence-corrected chi connectivity index (χ4v) is 9.63. The number of halogens is 3. The molecule has 10 rings (SSSR count). The van der Waals surface area contributed by atoms with Crippen LogP contribution in [0.3, 0.4) is 0 Å². The molecule has 3 aromatic rings. The third kappa shape index (κ3) is 6.62. The van der Waals surface area contributed by atoms with Gasteiger partial charge in [-0.05, 0) is 49.8 Å². The summed E-state index contributed by atoms with van der Waals surface area (Å²) in [7, 11) is 0. The van der Waals surface area contributed by atoms with E-state index in [9.17, 15) is 14.4 Å². The van der Waals surface area contributed by atoms with Crippen molar-refractivity contribution in [3.63, 3.8) is 0 Å². The fourth-order valence-electron chi connectivity index (χ4n) is 9.30. The van der Waals surface area contributed by atoms with E-state index in [0.717, 1.165) is 57.3 Å². The Kier molecular flexibility index (Phi) is 9.21. The minimum atomic E-state index is -0.924.